The van der Waals surface area contributed by atoms with Crippen molar-refractivity contribution in [1.82, 2.24) is 5.32 Å². The number of aliphatic hydroxyl groups excluding tert-OH is 4. The van der Waals surface area contributed by atoms with Crippen molar-refractivity contribution in [3.63, 3.8) is 0 Å². The van der Waals surface area contributed by atoms with E-state index in [0.717, 1.165) is 51.4 Å². The lowest BCUT2D eigenvalue weighted by Gasteiger charge is -2.27. The topological polar surface area (TPSA) is 110 Å². The van der Waals surface area contributed by atoms with Crippen LogP contribution in [0.25, 0.3) is 0 Å². The standard InChI is InChI=1S/C47H89NO5/c1-3-5-7-9-11-13-15-17-19-21-22-23-24-25-27-29-31-33-35-37-39-41-45(51)47(53)48-43(42-49)46(52)44(50)40-38-36-34-32-30-28-26-20-18-16-14-12-10-8-6-4-2/h12,14,20,26,32,34,43-46,49-52H,3-11,13,15-19,21-25,27-31,33,35-42H2,1-2H3,(H,48,53)/b14-12+,26-20+,34-32+. The quantitative estimate of drug-likeness (QED) is 0.0316. The molecule has 4 atom stereocenters. The minimum absolute atomic E-state index is 0.361. The summed E-state index contributed by atoms with van der Waals surface area (Å²) in [4.78, 5) is 12.5. The summed E-state index contributed by atoms with van der Waals surface area (Å²) in [5.74, 6) is -0.598. The van der Waals surface area contributed by atoms with Crippen molar-refractivity contribution < 1.29 is 25.2 Å². The van der Waals surface area contributed by atoms with Crippen molar-refractivity contribution >= 4 is 5.91 Å². The smallest absolute Gasteiger partial charge is 0.249 e. The highest BCUT2D eigenvalue weighted by atomic mass is 16.3. The molecule has 0 bridgehead atoms. The molecule has 0 aliphatic heterocycles. The maximum absolute atomic E-state index is 12.5. The lowest BCUT2D eigenvalue weighted by atomic mass is 10.00. The number of carbonyl (C=O) groups is 1. The van der Waals surface area contributed by atoms with Gasteiger partial charge in [0.05, 0.1) is 18.8 Å². The van der Waals surface area contributed by atoms with E-state index in [9.17, 15) is 25.2 Å². The fourth-order valence-electron chi connectivity index (χ4n) is 6.91. The zero-order chi connectivity index (χ0) is 38.9. The molecular formula is C47H89NO5. The summed E-state index contributed by atoms with van der Waals surface area (Å²) in [5, 5.41) is 43.7. The van der Waals surface area contributed by atoms with Gasteiger partial charge in [0, 0.05) is 0 Å². The number of allylic oxidation sites excluding steroid dienone is 6. The summed E-state index contributed by atoms with van der Waals surface area (Å²) in [6, 6.07) is -1.01. The number of rotatable bonds is 41. The average molecular weight is 748 g/mol. The van der Waals surface area contributed by atoms with Crippen LogP contribution in [0.3, 0.4) is 0 Å². The van der Waals surface area contributed by atoms with Gasteiger partial charge in [-0.05, 0) is 64.2 Å². The highest BCUT2D eigenvalue weighted by molar-refractivity contribution is 5.80. The number of amides is 1. The van der Waals surface area contributed by atoms with E-state index >= 15 is 0 Å². The van der Waals surface area contributed by atoms with Gasteiger partial charge in [0.25, 0.3) is 0 Å². The van der Waals surface area contributed by atoms with Crippen LogP contribution in [0.15, 0.2) is 36.5 Å². The maximum Gasteiger partial charge on any atom is 0.249 e. The number of nitrogens with one attached hydrogen (secondary N) is 1. The van der Waals surface area contributed by atoms with E-state index < -0.39 is 36.9 Å². The summed E-state index contributed by atoms with van der Waals surface area (Å²) in [6.07, 6.45) is 48.9. The Morgan fingerprint density at radius 1 is 0.453 bits per heavy atom. The lowest BCUT2D eigenvalue weighted by Crippen LogP contribution is -2.53. The van der Waals surface area contributed by atoms with Gasteiger partial charge in [-0.15, -0.1) is 0 Å². The van der Waals surface area contributed by atoms with Gasteiger partial charge >= 0.3 is 0 Å². The first kappa shape index (κ1) is 51.5. The molecule has 0 aromatic carbocycles. The summed E-state index contributed by atoms with van der Waals surface area (Å²) in [6.45, 7) is 4.01. The van der Waals surface area contributed by atoms with Crippen LogP contribution in [0.4, 0.5) is 0 Å². The monoisotopic (exact) mass is 748 g/mol. The first-order valence-corrected chi connectivity index (χ1v) is 22.9. The number of aliphatic hydroxyl groups is 4. The fourth-order valence-corrected chi connectivity index (χ4v) is 6.91. The summed E-state index contributed by atoms with van der Waals surface area (Å²) in [5.41, 5.74) is 0. The zero-order valence-electron chi connectivity index (χ0n) is 35.0. The molecule has 4 unspecified atom stereocenters. The van der Waals surface area contributed by atoms with Gasteiger partial charge in [0.1, 0.15) is 12.2 Å². The molecule has 0 saturated heterocycles. The minimum Gasteiger partial charge on any atom is -0.394 e. The Kier molecular flexibility index (Phi) is 40.5. The molecule has 6 nitrogen and oxygen atoms in total. The van der Waals surface area contributed by atoms with Crippen LogP contribution < -0.4 is 5.32 Å². The van der Waals surface area contributed by atoms with Gasteiger partial charge in [0.15, 0.2) is 0 Å². The van der Waals surface area contributed by atoms with Crippen LogP contribution in [-0.4, -0.2) is 57.3 Å². The molecular weight excluding hydrogens is 659 g/mol. The predicted octanol–water partition coefficient (Wildman–Crippen LogP) is 12.1. The lowest BCUT2D eigenvalue weighted by molar-refractivity contribution is -0.132. The number of hydrogen-bond donors (Lipinski definition) is 5. The Hall–Kier alpha value is -1.47. The Balaban J connectivity index is 3.76. The third kappa shape index (κ3) is 36.0. The van der Waals surface area contributed by atoms with Gasteiger partial charge in [0.2, 0.25) is 5.91 Å². The summed E-state index contributed by atoms with van der Waals surface area (Å²) in [7, 11) is 0. The second-order valence-electron chi connectivity index (χ2n) is 15.7. The van der Waals surface area contributed by atoms with Gasteiger partial charge in [-0.2, -0.15) is 0 Å². The normalized spacial score (nSPS) is 14.5. The first-order valence-electron chi connectivity index (χ1n) is 22.9. The van der Waals surface area contributed by atoms with E-state index in [-0.39, 0.29) is 0 Å². The van der Waals surface area contributed by atoms with Gasteiger partial charge in [-0.25, -0.2) is 0 Å². The number of carbonyl (C=O) groups excluding carboxylic acids is 1. The minimum atomic E-state index is -1.29. The third-order valence-electron chi connectivity index (χ3n) is 10.6. The van der Waals surface area contributed by atoms with E-state index in [1.165, 1.54) is 141 Å². The predicted molar refractivity (Wildman–Crippen MR) is 228 cm³/mol. The Morgan fingerprint density at radius 2 is 0.792 bits per heavy atom. The van der Waals surface area contributed by atoms with Crippen LogP contribution in [0.2, 0.25) is 0 Å². The van der Waals surface area contributed by atoms with Crippen molar-refractivity contribution in [1.29, 1.82) is 0 Å². The number of unbranched alkanes of at least 4 members (excludes halogenated alkanes) is 26. The molecule has 0 radical (unpaired) electrons. The maximum atomic E-state index is 12.5. The molecule has 0 aliphatic carbocycles. The van der Waals surface area contributed by atoms with E-state index in [4.69, 9.17) is 0 Å². The van der Waals surface area contributed by atoms with Crippen molar-refractivity contribution in [2.45, 2.75) is 250 Å². The molecule has 0 spiro atoms. The fraction of sp³-hybridized carbons (Fsp3) is 0.851. The van der Waals surface area contributed by atoms with Crippen molar-refractivity contribution in [2.24, 2.45) is 0 Å². The van der Waals surface area contributed by atoms with Crippen molar-refractivity contribution in [2.75, 3.05) is 6.61 Å². The van der Waals surface area contributed by atoms with E-state index in [1.54, 1.807) is 0 Å². The largest absolute Gasteiger partial charge is 0.394 e. The van der Waals surface area contributed by atoms with Gasteiger partial charge in [-0.1, -0.05) is 198 Å². The van der Waals surface area contributed by atoms with Gasteiger partial charge < -0.3 is 25.7 Å². The highest BCUT2D eigenvalue weighted by Gasteiger charge is 2.28. The van der Waals surface area contributed by atoms with Crippen LogP contribution in [0.5, 0.6) is 0 Å². The highest BCUT2D eigenvalue weighted by Crippen LogP contribution is 2.16. The summed E-state index contributed by atoms with van der Waals surface area (Å²) < 4.78 is 0. The molecule has 6 heteroatoms. The molecule has 1 amide bonds. The van der Waals surface area contributed by atoms with E-state index in [2.05, 4.69) is 55.6 Å². The molecule has 0 rings (SSSR count). The molecule has 0 fully saturated rings. The van der Waals surface area contributed by atoms with Crippen molar-refractivity contribution in [3.8, 4) is 0 Å². The first-order chi connectivity index (χ1) is 26.0. The zero-order valence-corrected chi connectivity index (χ0v) is 35.0. The SMILES string of the molecule is CCCCC/C=C/CC/C=C/CC/C=C/CCCC(O)C(O)C(CO)NC(=O)C(O)CCCCCCCCCCCCCCCCCCCCCCC. The Bertz CT molecular complexity index is 843. The second kappa shape index (κ2) is 41.7. The molecule has 312 valence electrons. The summed E-state index contributed by atoms with van der Waals surface area (Å²) >= 11 is 0. The van der Waals surface area contributed by atoms with E-state index in [0.29, 0.717) is 19.3 Å². The average Bonchev–Trinajstić information content (AvgIpc) is 3.16. The third-order valence-corrected chi connectivity index (χ3v) is 10.6. The Morgan fingerprint density at radius 3 is 1.19 bits per heavy atom. The molecule has 0 aliphatic rings. The van der Waals surface area contributed by atoms with Gasteiger partial charge in [-0.3, -0.25) is 4.79 Å². The van der Waals surface area contributed by atoms with Crippen LogP contribution in [0, 0.1) is 0 Å². The van der Waals surface area contributed by atoms with Crippen LogP contribution in [-0.2, 0) is 4.79 Å². The Labute approximate surface area is 328 Å². The van der Waals surface area contributed by atoms with Crippen molar-refractivity contribution in [3.05, 3.63) is 36.5 Å². The molecule has 0 heterocycles. The molecule has 0 saturated carbocycles. The molecule has 5 N–H and O–H groups in total. The molecule has 0 aromatic heterocycles. The molecule has 0 aromatic rings. The number of hydrogen-bond acceptors (Lipinski definition) is 5. The second-order valence-corrected chi connectivity index (χ2v) is 15.7. The molecule has 53 heavy (non-hydrogen) atoms. The van der Waals surface area contributed by atoms with Crippen LogP contribution in [0.1, 0.15) is 226 Å². The van der Waals surface area contributed by atoms with Crippen LogP contribution >= 0.6 is 0 Å². The van der Waals surface area contributed by atoms with E-state index in [1.807, 2.05) is 0 Å².